The van der Waals surface area contributed by atoms with E-state index in [0.717, 1.165) is 36.8 Å². The van der Waals surface area contributed by atoms with Crippen molar-refractivity contribution in [3.8, 4) is 0 Å². The number of anilines is 1. The molecule has 0 atom stereocenters. The average Bonchev–Trinajstić information content (AvgIpc) is 2.34. The summed E-state index contributed by atoms with van der Waals surface area (Å²) >= 11 is 1.79. The van der Waals surface area contributed by atoms with E-state index in [1.54, 1.807) is 17.8 Å². The van der Waals surface area contributed by atoms with Crippen LogP contribution >= 0.6 is 11.8 Å². The lowest BCUT2D eigenvalue weighted by Gasteiger charge is -2.08. The molecule has 1 amide bonds. The largest absolute Gasteiger partial charge is 0.370 e. The Hall–Kier alpha value is -1.23. The van der Waals surface area contributed by atoms with Crippen LogP contribution in [0.5, 0.6) is 0 Å². The molecule has 0 radical (unpaired) electrons. The normalized spacial score (nSPS) is 10.2. The lowest BCUT2D eigenvalue weighted by Crippen LogP contribution is -2.25. The fraction of sp³-hybridized carbons (Fsp3) is 0.538. The quantitative estimate of drug-likeness (QED) is 0.744. The molecule has 100 valence electrons. The molecule has 18 heavy (non-hydrogen) atoms. The van der Waals surface area contributed by atoms with Crippen molar-refractivity contribution in [3.05, 3.63) is 23.4 Å². The van der Waals surface area contributed by atoms with Crippen LogP contribution < -0.4 is 10.6 Å². The first-order valence-corrected chi connectivity index (χ1v) is 7.56. The zero-order chi connectivity index (χ0) is 13.4. The number of pyridine rings is 1. The first kappa shape index (κ1) is 14.8. The second-order valence-electron chi connectivity index (χ2n) is 4.02. The van der Waals surface area contributed by atoms with Crippen LogP contribution in [0.3, 0.4) is 0 Å². The lowest BCUT2D eigenvalue weighted by atomic mass is 10.2. The van der Waals surface area contributed by atoms with Crippen LogP contribution in [-0.2, 0) is 0 Å². The van der Waals surface area contributed by atoms with Gasteiger partial charge in [0, 0.05) is 24.3 Å². The van der Waals surface area contributed by atoms with E-state index in [0.29, 0.717) is 5.56 Å². The number of thioether (sulfide) groups is 1. The number of hydrogen-bond donors (Lipinski definition) is 2. The molecule has 0 spiro atoms. The Kier molecular flexibility index (Phi) is 6.57. The Morgan fingerprint density at radius 3 is 2.89 bits per heavy atom. The number of nitrogens with one attached hydrogen (secondary N) is 2. The van der Waals surface area contributed by atoms with Crippen molar-refractivity contribution >= 4 is 23.5 Å². The average molecular weight is 267 g/mol. The molecule has 0 saturated carbocycles. The van der Waals surface area contributed by atoms with E-state index < -0.39 is 0 Å². The maximum absolute atomic E-state index is 11.9. The smallest absolute Gasteiger partial charge is 0.251 e. The van der Waals surface area contributed by atoms with Gasteiger partial charge in [-0.15, -0.1) is 0 Å². The van der Waals surface area contributed by atoms with Gasteiger partial charge in [-0.25, -0.2) is 4.98 Å². The topological polar surface area (TPSA) is 54.0 Å². The van der Waals surface area contributed by atoms with Crippen LogP contribution in [0, 0.1) is 6.92 Å². The predicted octanol–water partition coefficient (Wildman–Crippen LogP) is 2.30. The highest BCUT2D eigenvalue weighted by molar-refractivity contribution is 7.98. The molecule has 5 heteroatoms. The van der Waals surface area contributed by atoms with E-state index >= 15 is 0 Å². The molecule has 4 nitrogen and oxygen atoms in total. The molecule has 2 N–H and O–H groups in total. The summed E-state index contributed by atoms with van der Waals surface area (Å²) in [5.41, 5.74) is 1.52. The third-order valence-electron chi connectivity index (χ3n) is 2.38. The fourth-order valence-electron chi connectivity index (χ4n) is 1.59. The minimum atomic E-state index is -0.0271. The van der Waals surface area contributed by atoms with Crippen molar-refractivity contribution in [2.45, 2.75) is 20.3 Å². The predicted molar refractivity (Wildman–Crippen MR) is 78.5 cm³/mol. The molecule has 0 aliphatic heterocycles. The molecule has 0 aromatic carbocycles. The molecule has 0 fully saturated rings. The van der Waals surface area contributed by atoms with Crippen molar-refractivity contribution in [1.82, 2.24) is 10.3 Å². The van der Waals surface area contributed by atoms with Crippen LogP contribution in [0.25, 0.3) is 0 Å². The van der Waals surface area contributed by atoms with Crippen molar-refractivity contribution in [2.75, 3.05) is 30.4 Å². The highest BCUT2D eigenvalue weighted by Gasteiger charge is 2.07. The standard InChI is InChI=1S/C13H21N3OS/c1-4-14-12-9-11(8-10(2)16-12)13(17)15-6-5-7-18-3/h8-9H,4-7H2,1-3H3,(H,14,16)(H,15,17). The second kappa shape index (κ2) is 7.97. The maximum Gasteiger partial charge on any atom is 0.251 e. The molecule has 0 unspecified atom stereocenters. The Balaban J connectivity index is 2.61. The number of aryl methyl sites for hydroxylation is 1. The third-order valence-corrected chi connectivity index (χ3v) is 3.08. The zero-order valence-electron chi connectivity index (χ0n) is 11.2. The number of rotatable bonds is 7. The van der Waals surface area contributed by atoms with Crippen molar-refractivity contribution in [2.24, 2.45) is 0 Å². The van der Waals surface area contributed by atoms with Crippen LogP contribution in [-0.4, -0.2) is 36.0 Å². The van der Waals surface area contributed by atoms with Gasteiger partial charge in [0.05, 0.1) is 0 Å². The first-order valence-electron chi connectivity index (χ1n) is 6.17. The van der Waals surface area contributed by atoms with E-state index in [1.165, 1.54) is 0 Å². The zero-order valence-corrected chi connectivity index (χ0v) is 12.1. The molecule has 0 aliphatic carbocycles. The monoisotopic (exact) mass is 267 g/mol. The highest BCUT2D eigenvalue weighted by Crippen LogP contribution is 2.10. The summed E-state index contributed by atoms with van der Waals surface area (Å²) in [5, 5.41) is 6.05. The van der Waals surface area contributed by atoms with Gasteiger partial charge in [-0.3, -0.25) is 4.79 Å². The van der Waals surface area contributed by atoms with Gasteiger partial charge in [0.15, 0.2) is 0 Å². The van der Waals surface area contributed by atoms with Gasteiger partial charge >= 0.3 is 0 Å². The first-order chi connectivity index (χ1) is 8.67. The van der Waals surface area contributed by atoms with Gasteiger partial charge in [0.1, 0.15) is 5.82 Å². The molecular weight excluding hydrogens is 246 g/mol. The van der Waals surface area contributed by atoms with Gasteiger partial charge < -0.3 is 10.6 Å². The summed E-state index contributed by atoms with van der Waals surface area (Å²) in [4.78, 5) is 16.3. The van der Waals surface area contributed by atoms with Gasteiger partial charge in [-0.2, -0.15) is 11.8 Å². The molecule has 0 bridgehead atoms. The summed E-state index contributed by atoms with van der Waals surface area (Å²) in [6.45, 7) is 5.42. The van der Waals surface area contributed by atoms with Gasteiger partial charge in [-0.05, 0) is 44.4 Å². The minimum Gasteiger partial charge on any atom is -0.370 e. The number of amides is 1. The number of carbonyl (C=O) groups is 1. The van der Waals surface area contributed by atoms with E-state index in [1.807, 2.05) is 19.9 Å². The van der Waals surface area contributed by atoms with Gasteiger partial charge in [0.25, 0.3) is 5.91 Å². The second-order valence-corrected chi connectivity index (χ2v) is 5.00. The molecule has 1 heterocycles. The number of nitrogens with zero attached hydrogens (tertiary/aromatic N) is 1. The van der Waals surface area contributed by atoms with Crippen molar-refractivity contribution in [1.29, 1.82) is 0 Å². The van der Waals surface area contributed by atoms with E-state index in [9.17, 15) is 4.79 Å². The number of hydrogen-bond acceptors (Lipinski definition) is 4. The third kappa shape index (κ3) is 4.96. The van der Waals surface area contributed by atoms with Crippen LogP contribution in [0.1, 0.15) is 29.4 Å². The van der Waals surface area contributed by atoms with Gasteiger partial charge in [-0.1, -0.05) is 0 Å². The van der Waals surface area contributed by atoms with Crippen molar-refractivity contribution in [3.63, 3.8) is 0 Å². The SMILES string of the molecule is CCNc1cc(C(=O)NCCCSC)cc(C)n1. The maximum atomic E-state index is 11.9. The van der Waals surface area contributed by atoms with Crippen LogP contribution in [0.2, 0.25) is 0 Å². The molecule has 0 saturated heterocycles. The van der Waals surface area contributed by atoms with E-state index in [-0.39, 0.29) is 5.91 Å². The molecule has 1 aromatic rings. The summed E-state index contributed by atoms with van der Waals surface area (Å²) in [5.74, 6) is 1.80. The summed E-state index contributed by atoms with van der Waals surface area (Å²) in [7, 11) is 0. The van der Waals surface area contributed by atoms with E-state index in [2.05, 4.69) is 21.9 Å². The Bertz CT molecular complexity index is 396. The Labute approximate surface area is 113 Å². The molecule has 1 rings (SSSR count). The van der Waals surface area contributed by atoms with Crippen LogP contribution in [0.4, 0.5) is 5.82 Å². The number of aromatic nitrogens is 1. The summed E-state index contributed by atoms with van der Waals surface area (Å²) in [6.07, 6.45) is 3.06. The number of carbonyl (C=O) groups excluding carboxylic acids is 1. The van der Waals surface area contributed by atoms with Crippen LogP contribution in [0.15, 0.2) is 12.1 Å². The lowest BCUT2D eigenvalue weighted by molar-refractivity contribution is 0.0953. The summed E-state index contributed by atoms with van der Waals surface area (Å²) in [6, 6.07) is 3.60. The Morgan fingerprint density at radius 1 is 1.44 bits per heavy atom. The van der Waals surface area contributed by atoms with E-state index in [4.69, 9.17) is 0 Å². The molecule has 1 aromatic heterocycles. The fourth-order valence-corrected chi connectivity index (χ4v) is 2.02. The summed E-state index contributed by atoms with van der Waals surface area (Å²) < 4.78 is 0. The molecular formula is C13H21N3OS. The highest BCUT2D eigenvalue weighted by atomic mass is 32.2. The Morgan fingerprint density at radius 2 is 2.22 bits per heavy atom. The minimum absolute atomic E-state index is 0.0271. The van der Waals surface area contributed by atoms with Gasteiger partial charge in [0.2, 0.25) is 0 Å². The van der Waals surface area contributed by atoms with Crippen molar-refractivity contribution < 1.29 is 4.79 Å². The molecule has 0 aliphatic rings.